The maximum atomic E-state index is 12.0. The standard InChI is InChI=1S/C15H23N3O3/c1-15(2,3)12(13(19)20)17-14(21)16-10-8-6-7-9-11(10)18(4)5/h6-9,12H,1-5H3,(H,19,20)(H2,16,17,21). The van der Waals surface area contributed by atoms with Crippen LogP contribution in [0.15, 0.2) is 24.3 Å². The molecule has 0 saturated heterocycles. The van der Waals surface area contributed by atoms with Crippen LogP contribution in [0.3, 0.4) is 0 Å². The number of carboxylic acid groups (broad SMARTS) is 1. The SMILES string of the molecule is CN(C)c1ccccc1NC(=O)NC(C(=O)O)C(C)(C)C. The second-order valence-electron chi connectivity index (χ2n) is 6.15. The third kappa shape index (κ3) is 4.66. The van der Waals surface area contributed by atoms with Gasteiger partial charge in [0.05, 0.1) is 11.4 Å². The largest absolute Gasteiger partial charge is 0.480 e. The first kappa shape index (κ1) is 16.8. The summed E-state index contributed by atoms with van der Waals surface area (Å²) in [5, 5.41) is 14.4. The second-order valence-corrected chi connectivity index (χ2v) is 6.15. The minimum absolute atomic E-state index is 0.536. The van der Waals surface area contributed by atoms with Gasteiger partial charge in [-0.25, -0.2) is 9.59 Å². The molecule has 6 heteroatoms. The lowest BCUT2D eigenvalue weighted by molar-refractivity contribution is -0.141. The number of carboxylic acids is 1. The Hall–Kier alpha value is -2.24. The Bertz CT molecular complexity index is 521. The zero-order valence-corrected chi connectivity index (χ0v) is 13.1. The average Bonchev–Trinajstić information content (AvgIpc) is 2.34. The van der Waals surface area contributed by atoms with Crippen LogP contribution < -0.4 is 15.5 Å². The van der Waals surface area contributed by atoms with Crippen molar-refractivity contribution >= 4 is 23.4 Å². The van der Waals surface area contributed by atoms with Crippen LogP contribution in [-0.2, 0) is 4.79 Å². The van der Waals surface area contributed by atoms with Gasteiger partial charge in [-0.15, -0.1) is 0 Å². The third-order valence-corrected chi connectivity index (χ3v) is 3.02. The Balaban J connectivity index is 2.85. The monoisotopic (exact) mass is 293 g/mol. The van der Waals surface area contributed by atoms with Crippen LogP contribution in [-0.4, -0.2) is 37.2 Å². The summed E-state index contributed by atoms with van der Waals surface area (Å²) in [6, 6.07) is 5.81. The van der Waals surface area contributed by atoms with Gasteiger partial charge in [-0.2, -0.15) is 0 Å². The Morgan fingerprint density at radius 3 is 2.24 bits per heavy atom. The number of carbonyl (C=O) groups is 2. The molecule has 1 rings (SSSR count). The fourth-order valence-corrected chi connectivity index (χ4v) is 1.91. The van der Waals surface area contributed by atoms with E-state index in [1.165, 1.54) is 0 Å². The molecule has 1 atom stereocenters. The van der Waals surface area contributed by atoms with Gasteiger partial charge in [-0.05, 0) is 17.5 Å². The molecule has 2 amide bonds. The number of aliphatic carboxylic acids is 1. The maximum absolute atomic E-state index is 12.0. The number of rotatable bonds is 4. The highest BCUT2D eigenvalue weighted by Gasteiger charge is 2.32. The topological polar surface area (TPSA) is 81.7 Å². The molecule has 1 aromatic carbocycles. The summed E-state index contributed by atoms with van der Waals surface area (Å²) in [6.07, 6.45) is 0. The minimum atomic E-state index is -1.06. The van der Waals surface area contributed by atoms with Crippen LogP contribution in [0.2, 0.25) is 0 Å². The van der Waals surface area contributed by atoms with E-state index in [4.69, 9.17) is 0 Å². The normalized spacial score (nSPS) is 12.4. The maximum Gasteiger partial charge on any atom is 0.326 e. The van der Waals surface area contributed by atoms with Crippen molar-refractivity contribution in [3.63, 3.8) is 0 Å². The number of para-hydroxylation sites is 2. The summed E-state index contributed by atoms with van der Waals surface area (Å²) in [4.78, 5) is 25.2. The van der Waals surface area contributed by atoms with Crippen LogP contribution in [0.1, 0.15) is 20.8 Å². The summed E-state index contributed by atoms with van der Waals surface area (Å²) >= 11 is 0. The van der Waals surface area contributed by atoms with E-state index in [2.05, 4.69) is 10.6 Å². The third-order valence-electron chi connectivity index (χ3n) is 3.02. The molecule has 0 radical (unpaired) electrons. The van der Waals surface area contributed by atoms with Gasteiger partial charge in [-0.1, -0.05) is 32.9 Å². The van der Waals surface area contributed by atoms with E-state index in [0.717, 1.165) is 5.69 Å². The summed E-state index contributed by atoms with van der Waals surface area (Å²) in [5.74, 6) is -1.06. The highest BCUT2D eigenvalue weighted by Crippen LogP contribution is 2.24. The van der Waals surface area contributed by atoms with Crippen molar-refractivity contribution in [2.24, 2.45) is 5.41 Å². The van der Waals surface area contributed by atoms with Gasteiger partial charge in [0.1, 0.15) is 6.04 Å². The zero-order chi connectivity index (χ0) is 16.2. The summed E-state index contributed by atoms with van der Waals surface area (Å²) < 4.78 is 0. The van der Waals surface area contributed by atoms with Crippen molar-refractivity contribution in [2.75, 3.05) is 24.3 Å². The van der Waals surface area contributed by atoms with E-state index in [0.29, 0.717) is 5.69 Å². The van der Waals surface area contributed by atoms with E-state index in [1.54, 1.807) is 32.9 Å². The smallest absolute Gasteiger partial charge is 0.326 e. The Morgan fingerprint density at radius 2 is 1.76 bits per heavy atom. The van der Waals surface area contributed by atoms with E-state index in [-0.39, 0.29) is 0 Å². The number of carbonyl (C=O) groups excluding carboxylic acids is 1. The first-order valence-corrected chi connectivity index (χ1v) is 6.69. The van der Waals surface area contributed by atoms with Gasteiger partial charge >= 0.3 is 12.0 Å². The molecule has 0 aliphatic heterocycles. The van der Waals surface area contributed by atoms with E-state index in [9.17, 15) is 14.7 Å². The van der Waals surface area contributed by atoms with Crippen LogP contribution in [0.5, 0.6) is 0 Å². The zero-order valence-electron chi connectivity index (χ0n) is 13.1. The fourth-order valence-electron chi connectivity index (χ4n) is 1.91. The number of anilines is 2. The molecule has 0 aliphatic carbocycles. The van der Waals surface area contributed by atoms with Crippen LogP contribution >= 0.6 is 0 Å². The number of hydrogen-bond donors (Lipinski definition) is 3. The predicted octanol–water partition coefficient (Wildman–Crippen LogP) is 2.37. The van der Waals surface area contributed by atoms with Crippen molar-refractivity contribution < 1.29 is 14.7 Å². The van der Waals surface area contributed by atoms with Crippen LogP contribution in [0, 0.1) is 5.41 Å². The molecule has 3 N–H and O–H groups in total. The lowest BCUT2D eigenvalue weighted by Crippen LogP contribution is -2.50. The highest BCUT2D eigenvalue weighted by molar-refractivity contribution is 5.95. The van der Waals surface area contributed by atoms with Crippen molar-refractivity contribution in [2.45, 2.75) is 26.8 Å². The molecule has 0 aromatic heterocycles. The average molecular weight is 293 g/mol. The van der Waals surface area contributed by atoms with Crippen LogP contribution in [0.25, 0.3) is 0 Å². The Labute approximate surface area is 125 Å². The Morgan fingerprint density at radius 1 is 1.19 bits per heavy atom. The molecule has 0 fully saturated rings. The van der Waals surface area contributed by atoms with E-state index in [1.807, 2.05) is 31.1 Å². The Kier molecular flexibility index (Phi) is 5.18. The quantitative estimate of drug-likeness (QED) is 0.796. The number of urea groups is 1. The van der Waals surface area contributed by atoms with Crippen molar-refractivity contribution in [1.82, 2.24) is 5.32 Å². The molecule has 0 saturated carbocycles. The number of amides is 2. The van der Waals surface area contributed by atoms with E-state index >= 15 is 0 Å². The lowest BCUT2D eigenvalue weighted by atomic mass is 9.87. The minimum Gasteiger partial charge on any atom is -0.480 e. The molecule has 0 spiro atoms. The lowest BCUT2D eigenvalue weighted by Gasteiger charge is -2.28. The number of hydrogen-bond acceptors (Lipinski definition) is 3. The molecule has 1 aromatic rings. The van der Waals surface area contributed by atoms with Crippen molar-refractivity contribution in [3.8, 4) is 0 Å². The van der Waals surface area contributed by atoms with Gasteiger partial charge in [0.2, 0.25) is 0 Å². The van der Waals surface area contributed by atoms with Crippen molar-refractivity contribution in [1.29, 1.82) is 0 Å². The van der Waals surface area contributed by atoms with Crippen LogP contribution in [0.4, 0.5) is 16.2 Å². The summed E-state index contributed by atoms with van der Waals surface area (Å²) in [7, 11) is 3.74. The van der Waals surface area contributed by atoms with Gasteiger partial charge < -0.3 is 20.6 Å². The highest BCUT2D eigenvalue weighted by atomic mass is 16.4. The fraction of sp³-hybridized carbons (Fsp3) is 0.467. The summed E-state index contributed by atoms with van der Waals surface area (Å²) in [6.45, 7) is 5.29. The molecular weight excluding hydrogens is 270 g/mol. The van der Waals surface area contributed by atoms with Gasteiger partial charge in [0.15, 0.2) is 0 Å². The molecule has 0 heterocycles. The van der Waals surface area contributed by atoms with E-state index < -0.39 is 23.5 Å². The summed E-state index contributed by atoms with van der Waals surface area (Å²) in [5.41, 5.74) is 0.887. The van der Waals surface area contributed by atoms with Gasteiger partial charge in [0, 0.05) is 14.1 Å². The molecule has 0 bridgehead atoms. The first-order chi connectivity index (χ1) is 9.62. The van der Waals surface area contributed by atoms with Crippen molar-refractivity contribution in [3.05, 3.63) is 24.3 Å². The molecule has 116 valence electrons. The van der Waals surface area contributed by atoms with Gasteiger partial charge in [-0.3, -0.25) is 0 Å². The second kappa shape index (κ2) is 6.47. The first-order valence-electron chi connectivity index (χ1n) is 6.69. The molecule has 6 nitrogen and oxygen atoms in total. The predicted molar refractivity (Wildman–Crippen MR) is 83.8 cm³/mol. The molecular formula is C15H23N3O3. The molecule has 0 aliphatic rings. The number of nitrogens with zero attached hydrogens (tertiary/aromatic N) is 1. The number of nitrogens with one attached hydrogen (secondary N) is 2. The van der Waals surface area contributed by atoms with Gasteiger partial charge in [0.25, 0.3) is 0 Å². The molecule has 1 unspecified atom stereocenters. The molecule has 21 heavy (non-hydrogen) atoms. The number of benzene rings is 1.